The molecule has 0 radical (unpaired) electrons. The SMILES string of the molecule is Cc1nccn1-c1cccc(C[C@H](C)Nc2nccc(N(C)c3ccnc(-c4ccccc4)n3)n2)c1.Cc1nccn1-c1nccc(N(C)c2ccnc(-c3ccccc3)n2)n1. The zero-order valence-corrected chi connectivity index (χ0v) is 35.1. The number of hydrogen-bond acceptors (Lipinski definition) is 13. The number of benzene rings is 3. The predicted octanol–water partition coefficient (Wildman–Crippen LogP) is 8.43. The Kier molecular flexibility index (Phi) is 12.3. The molecule has 0 bridgehead atoms. The van der Waals surface area contributed by atoms with Gasteiger partial charge in [0.05, 0.1) is 0 Å². The van der Waals surface area contributed by atoms with Gasteiger partial charge in [-0.05, 0) is 69.2 Å². The molecule has 0 amide bonds. The highest BCUT2D eigenvalue weighted by molar-refractivity contribution is 5.62. The van der Waals surface area contributed by atoms with Gasteiger partial charge in [0.1, 0.15) is 34.9 Å². The lowest BCUT2D eigenvalue weighted by Gasteiger charge is -2.19. The maximum absolute atomic E-state index is 4.73. The molecule has 3 aromatic carbocycles. The average molecular weight is 820 g/mol. The molecule has 1 N–H and O–H groups in total. The third-order valence-corrected chi connectivity index (χ3v) is 9.96. The van der Waals surface area contributed by atoms with Gasteiger partial charge >= 0.3 is 0 Å². The Morgan fingerprint density at radius 3 is 1.60 bits per heavy atom. The molecule has 15 heteroatoms. The molecule has 0 unspecified atom stereocenters. The molecule has 9 rings (SSSR count). The number of imidazole rings is 2. The first-order valence-corrected chi connectivity index (χ1v) is 20.1. The molecule has 0 aliphatic heterocycles. The van der Waals surface area contributed by atoms with Crippen LogP contribution in [0.15, 0.2) is 159 Å². The molecule has 15 nitrogen and oxygen atoms in total. The second kappa shape index (κ2) is 18.8. The first kappa shape index (κ1) is 40.6. The quantitative estimate of drug-likeness (QED) is 0.125. The second-order valence-electron chi connectivity index (χ2n) is 14.4. The molecule has 0 aliphatic carbocycles. The fourth-order valence-corrected chi connectivity index (χ4v) is 6.71. The number of nitrogens with one attached hydrogen (secondary N) is 1. The summed E-state index contributed by atoms with van der Waals surface area (Å²) in [6.07, 6.45) is 15.2. The largest absolute Gasteiger partial charge is 0.351 e. The highest BCUT2D eigenvalue weighted by Gasteiger charge is 2.14. The number of hydrogen-bond donors (Lipinski definition) is 1. The van der Waals surface area contributed by atoms with Crippen molar-refractivity contribution in [2.75, 3.05) is 29.2 Å². The van der Waals surface area contributed by atoms with E-state index in [9.17, 15) is 0 Å². The Bertz CT molecular complexity index is 2860. The lowest BCUT2D eigenvalue weighted by Crippen LogP contribution is -2.21. The minimum atomic E-state index is 0.133. The Morgan fingerprint density at radius 2 is 1.03 bits per heavy atom. The van der Waals surface area contributed by atoms with E-state index in [2.05, 4.69) is 80.9 Å². The summed E-state index contributed by atoms with van der Waals surface area (Å²) in [5.41, 5.74) is 4.27. The summed E-state index contributed by atoms with van der Waals surface area (Å²) in [5.74, 6) is 7.29. The molecule has 9 aromatic rings. The van der Waals surface area contributed by atoms with Crippen LogP contribution < -0.4 is 15.1 Å². The molecule has 62 heavy (non-hydrogen) atoms. The zero-order chi connectivity index (χ0) is 42.8. The molecule has 308 valence electrons. The van der Waals surface area contributed by atoms with Crippen LogP contribution in [-0.2, 0) is 6.42 Å². The number of aromatic nitrogens is 12. The summed E-state index contributed by atoms with van der Waals surface area (Å²) in [5, 5.41) is 3.44. The maximum Gasteiger partial charge on any atom is 0.237 e. The summed E-state index contributed by atoms with van der Waals surface area (Å²) >= 11 is 0. The van der Waals surface area contributed by atoms with E-state index in [0.717, 1.165) is 58.2 Å². The van der Waals surface area contributed by atoms with Crippen LogP contribution in [0, 0.1) is 13.8 Å². The van der Waals surface area contributed by atoms with Crippen molar-refractivity contribution in [2.45, 2.75) is 33.2 Å². The van der Waals surface area contributed by atoms with Crippen LogP contribution in [0.5, 0.6) is 0 Å². The van der Waals surface area contributed by atoms with Gasteiger partial charge in [0.2, 0.25) is 11.9 Å². The Labute approximate surface area is 360 Å². The summed E-state index contributed by atoms with van der Waals surface area (Å²) < 4.78 is 3.92. The zero-order valence-electron chi connectivity index (χ0n) is 35.1. The summed E-state index contributed by atoms with van der Waals surface area (Å²) in [7, 11) is 3.86. The Hall–Kier alpha value is -8.20. The smallest absolute Gasteiger partial charge is 0.237 e. The van der Waals surface area contributed by atoms with Gasteiger partial charge in [0.25, 0.3) is 0 Å². The van der Waals surface area contributed by atoms with Crippen molar-refractivity contribution < 1.29 is 0 Å². The standard InChI is InChI=1S/C28H28N8.C19H17N7/c1-20(18-22-8-7-11-24(19-22)36-17-16-29-21(36)2)32-28-31-15-13-26(34-28)35(3)25-12-14-30-27(33-25)23-9-5-4-6-10-23;1-14-20-12-13-26(14)19-22-11-9-17(24-19)25(2)16-8-10-21-18(23-16)15-6-4-3-5-7-15/h4-17,19-20H,18H2,1-3H3,(H,31,32,34);3-13H,1-2H3/t20-;/m0./s1. The van der Waals surface area contributed by atoms with Crippen LogP contribution in [0.4, 0.5) is 29.2 Å². The molecule has 0 fully saturated rings. The van der Waals surface area contributed by atoms with E-state index in [1.54, 1.807) is 31.0 Å². The third kappa shape index (κ3) is 9.63. The monoisotopic (exact) mass is 819 g/mol. The topological polar surface area (TPSA) is 157 Å². The minimum absolute atomic E-state index is 0.133. The van der Waals surface area contributed by atoms with E-state index < -0.39 is 0 Å². The van der Waals surface area contributed by atoms with E-state index >= 15 is 0 Å². The highest BCUT2D eigenvalue weighted by Crippen LogP contribution is 2.25. The number of anilines is 5. The predicted molar refractivity (Wildman–Crippen MR) is 242 cm³/mol. The summed E-state index contributed by atoms with van der Waals surface area (Å²) in [4.78, 5) is 48.7. The lowest BCUT2D eigenvalue weighted by molar-refractivity contribution is 0.775. The van der Waals surface area contributed by atoms with Crippen LogP contribution in [0.2, 0.25) is 0 Å². The van der Waals surface area contributed by atoms with E-state index in [1.807, 2.05) is 146 Å². The molecule has 1 atom stereocenters. The first-order valence-electron chi connectivity index (χ1n) is 20.1. The van der Waals surface area contributed by atoms with Gasteiger partial charge in [-0.25, -0.2) is 39.9 Å². The van der Waals surface area contributed by atoms with Crippen molar-refractivity contribution in [1.82, 2.24) is 59.0 Å². The van der Waals surface area contributed by atoms with Gasteiger partial charge in [0, 0.05) is 86.5 Å². The molecular weight excluding hydrogens is 775 g/mol. The molecule has 0 aliphatic rings. The van der Waals surface area contributed by atoms with Crippen molar-refractivity contribution in [3.05, 3.63) is 176 Å². The summed E-state index contributed by atoms with van der Waals surface area (Å²) in [6, 6.07) is 35.9. The molecule has 6 aromatic heterocycles. The number of nitrogens with zero attached hydrogens (tertiary/aromatic N) is 14. The van der Waals surface area contributed by atoms with Crippen molar-refractivity contribution in [1.29, 1.82) is 0 Å². The maximum atomic E-state index is 4.73. The van der Waals surface area contributed by atoms with Gasteiger partial charge < -0.3 is 19.7 Å². The normalized spacial score (nSPS) is 11.3. The molecule has 6 heterocycles. The van der Waals surface area contributed by atoms with Crippen molar-refractivity contribution in [3.8, 4) is 34.4 Å². The van der Waals surface area contributed by atoms with Crippen LogP contribution >= 0.6 is 0 Å². The number of aryl methyl sites for hydroxylation is 2. The molecule has 0 spiro atoms. The van der Waals surface area contributed by atoms with E-state index in [-0.39, 0.29) is 6.04 Å². The van der Waals surface area contributed by atoms with Gasteiger partial charge in [-0.15, -0.1) is 0 Å². The van der Waals surface area contributed by atoms with Crippen LogP contribution in [0.3, 0.4) is 0 Å². The van der Waals surface area contributed by atoms with Crippen LogP contribution in [0.25, 0.3) is 34.4 Å². The minimum Gasteiger partial charge on any atom is -0.351 e. The lowest BCUT2D eigenvalue weighted by atomic mass is 10.1. The summed E-state index contributed by atoms with van der Waals surface area (Å²) in [6.45, 7) is 6.05. The van der Waals surface area contributed by atoms with Crippen molar-refractivity contribution in [2.24, 2.45) is 0 Å². The highest BCUT2D eigenvalue weighted by atomic mass is 15.3. The second-order valence-corrected chi connectivity index (χ2v) is 14.4. The average Bonchev–Trinajstić information content (AvgIpc) is 3.97. The van der Waals surface area contributed by atoms with E-state index in [4.69, 9.17) is 9.97 Å². The molecule has 0 saturated heterocycles. The van der Waals surface area contributed by atoms with Crippen LogP contribution in [-0.4, -0.2) is 79.1 Å². The van der Waals surface area contributed by atoms with Crippen LogP contribution in [0.1, 0.15) is 24.1 Å². The molecule has 0 saturated carbocycles. The fraction of sp³-hybridized carbons (Fsp3) is 0.149. The fourth-order valence-electron chi connectivity index (χ4n) is 6.71. The Balaban J connectivity index is 0.000000180. The van der Waals surface area contributed by atoms with E-state index in [1.165, 1.54) is 5.56 Å². The number of rotatable bonds is 12. The van der Waals surface area contributed by atoms with Gasteiger partial charge in [0.15, 0.2) is 11.6 Å². The van der Waals surface area contributed by atoms with Crippen molar-refractivity contribution >= 4 is 29.2 Å². The van der Waals surface area contributed by atoms with Gasteiger partial charge in [-0.1, -0.05) is 72.8 Å². The third-order valence-electron chi connectivity index (χ3n) is 9.96. The van der Waals surface area contributed by atoms with Crippen molar-refractivity contribution in [3.63, 3.8) is 0 Å². The van der Waals surface area contributed by atoms with E-state index in [0.29, 0.717) is 23.5 Å². The first-order chi connectivity index (χ1) is 30.3. The van der Waals surface area contributed by atoms with Gasteiger partial charge in [-0.2, -0.15) is 9.97 Å². The Morgan fingerprint density at radius 1 is 0.516 bits per heavy atom. The molecular formula is C47H45N15. The van der Waals surface area contributed by atoms with Gasteiger partial charge in [-0.3, -0.25) is 4.57 Å².